The van der Waals surface area contributed by atoms with E-state index in [0.29, 0.717) is 38.1 Å². The van der Waals surface area contributed by atoms with Crippen LogP contribution in [-0.2, 0) is 28.6 Å². The molecule has 2 saturated carbocycles. The van der Waals surface area contributed by atoms with E-state index < -0.39 is 30.3 Å². The number of nitrogens with zero attached hydrogens (tertiary/aromatic N) is 2. The Labute approximate surface area is 288 Å². The van der Waals surface area contributed by atoms with Crippen molar-refractivity contribution >= 4 is 23.9 Å². The summed E-state index contributed by atoms with van der Waals surface area (Å²) >= 11 is 0. The van der Waals surface area contributed by atoms with Gasteiger partial charge in [0.15, 0.2) is 5.88 Å². The monoisotopic (exact) mass is 669 g/mol. The number of amides is 3. The lowest BCUT2D eigenvalue weighted by Crippen LogP contribution is -2.60. The van der Waals surface area contributed by atoms with Gasteiger partial charge in [0.25, 0.3) is 0 Å². The van der Waals surface area contributed by atoms with E-state index in [4.69, 9.17) is 14.2 Å². The summed E-state index contributed by atoms with van der Waals surface area (Å²) in [5.74, 6) is -0.216. The highest BCUT2D eigenvalue weighted by Crippen LogP contribution is 2.34. The van der Waals surface area contributed by atoms with Crippen LogP contribution in [0.25, 0.3) is 0 Å². The van der Waals surface area contributed by atoms with Crippen LogP contribution >= 0.6 is 0 Å². The van der Waals surface area contributed by atoms with Gasteiger partial charge in [-0.1, -0.05) is 51.0 Å². The Morgan fingerprint density at radius 1 is 0.958 bits per heavy atom. The quantitative estimate of drug-likeness (QED) is 0.0953. The van der Waals surface area contributed by atoms with Crippen LogP contribution in [0.3, 0.4) is 0 Å². The molecule has 0 radical (unpaired) electrons. The van der Waals surface area contributed by atoms with Crippen LogP contribution in [0.5, 0.6) is 0 Å². The zero-order valence-electron chi connectivity index (χ0n) is 29.5. The van der Waals surface area contributed by atoms with Gasteiger partial charge >= 0.3 is 12.1 Å². The van der Waals surface area contributed by atoms with E-state index in [1.54, 1.807) is 11.0 Å². The first-order valence-electron chi connectivity index (χ1n) is 18.2. The van der Waals surface area contributed by atoms with Gasteiger partial charge in [0.2, 0.25) is 11.8 Å². The fraction of sp³-hybridized carbons (Fsp3) is 0.684. The number of alkyl carbamates (subject to hydrolysis) is 1. The number of likely N-dealkylation sites (tertiary alicyclic amines) is 1. The maximum Gasteiger partial charge on any atom is 0.408 e. The van der Waals surface area contributed by atoms with E-state index in [-0.39, 0.29) is 42.7 Å². The molecule has 268 valence electrons. The Morgan fingerprint density at radius 2 is 1.73 bits per heavy atom. The molecule has 2 aliphatic carbocycles. The summed E-state index contributed by atoms with van der Waals surface area (Å²) < 4.78 is 17.6. The highest BCUT2D eigenvalue weighted by Gasteiger charge is 2.44. The lowest BCUT2D eigenvalue weighted by Gasteiger charge is -2.41. The third kappa shape index (κ3) is 11.3. The summed E-state index contributed by atoms with van der Waals surface area (Å²) in [5.41, 5.74) is 0. The molecular weight excluding hydrogens is 610 g/mol. The van der Waals surface area contributed by atoms with Gasteiger partial charge in [-0.3, -0.25) is 14.5 Å². The summed E-state index contributed by atoms with van der Waals surface area (Å²) in [6, 6.07) is -1.63. The van der Waals surface area contributed by atoms with Crippen LogP contribution in [0.4, 0.5) is 4.79 Å². The van der Waals surface area contributed by atoms with Crippen molar-refractivity contribution in [3.63, 3.8) is 0 Å². The Balaban J connectivity index is 1.80. The Kier molecular flexibility index (Phi) is 16.8. The molecule has 0 spiro atoms. The predicted octanol–water partition coefficient (Wildman–Crippen LogP) is 6.97. The van der Waals surface area contributed by atoms with Crippen LogP contribution in [0.1, 0.15) is 110 Å². The molecule has 5 atom stereocenters. The predicted molar refractivity (Wildman–Crippen MR) is 186 cm³/mol. The first-order chi connectivity index (χ1) is 23.3. The summed E-state index contributed by atoms with van der Waals surface area (Å²) in [4.78, 5) is 57.3. The fourth-order valence-corrected chi connectivity index (χ4v) is 7.26. The average Bonchev–Trinajstić information content (AvgIpc) is 3.79. The third-order valence-corrected chi connectivity index (χ3v) is 9.74. The van der Waals surface area contributed by atoms with Crippen LogP contribution in [0, 0.1) is 11.8 Å². The van der Waals surface area contributed by atoms with Crippen molar-refractivity contribution in [2.75, 3.05) is 20.2 Å². The van der Waals surface area contributed by atoms with Gasteiger partial charge in [0, 0.05) is 13.0 Å². The molecule has 1 saturated heterocycles. The zero-order valence-corrected chi connectivity index (χ0v) is 29.5. The van der Waals surface area contributed by atoms with E-state index in [1.165, 1.54) is 12.0 Å². The highest BCUT2D eigenvalue weighted by molar-refractivity contribution is 5.90. The number of carbonyl (C=O) groups is 4. The van der Waals surface area contributed by atoms with E-state index in [1.807, 2.05) is 38.2 Å². The first-order valence-corrected chi connectivity index (χ1v) is 18.2. The molecule has 1 N–H and O–H groups in total. The molecule has 3 aliphatic rings. The smallest absolute Gasteiger partial charge is 0.408 e. The molecule has 1 aliphatic heterocycles. The van der Waals surface area contributed by atoms with Crippen molar-refractivity contribution < 1.29 is 33.4 Å². The molecule has 1 heterocycles. The van der Waals surface area contributed by atoms with Gasteiger partial charge < -0.3 is 24.4 Å². The van der Waals surface area contributed by atoms with Gasteiger partial charge in [-0.2, -0.15) is 0 Å². The highest BCUT2D eigenvalue weighted by atomic mass is 16.6. The minimum absolute atomic E-state index is 0.0628. The van der Waals surface area contributed by atoms with Crippen LogP contribution in [-0.4, -0.2) is 78.2 Å². The molecule has 0 unspecified atom stereocenters. The molecule has 0 aromatic heterocycles. The number of carbonyl (C=O) groups excluding carboxylic acids is 4. The third-order valence-electron chi connectivity index (χ3n) is 9.74. The molecule has 3 amide bonds. The number of rotatable bonds is 18. The maximum atomic E-state index is 14.5. The van der Waals surface area contributed by atoms with Crippen LogP contribution < -0.4 is 5.32 Å². The number of allylic oxidation sites excluding steroid dienone is 4. The van der Waals surface area contributed by atoms with E-state index >= 15 is 0 Å². The molecule has 10 nitrogen and oxygen atoms in total. The number of esters is 1. The minimum atomic E-state index is -0.829. The van der Waals surface area contributed by atoms with Gasteiger partial charge in [0.05, 0.1) is 13.7 Å². The minimum Gasteiger partial charge on any atom is -0.474 e. The number of hydrogen-bond donors (Lipinski definition) is 1. The largest absolute Gasteiger partial charge is 0.474 e. The number of methoxy groups -OCH3 is 1. The number of piperidine rings is 1. The summed E-state index contributed by atoms with van der Waals surface area (Å²) in [6.07, 6.45) is 19.4. The fourth-order valence-electron chi connectivity index (χ4n) is 7.26. The average molecular weight is 670 g/mol. The summed E-state index contributed by atoms with van der Waals surface area (Å²) in [6.45, 7) is 12.1. The SMILES string of the molecule is C=CC/C=C\CC(=O)N(CCC)/C(=C\CC)O[C@@H]1CC[C@@H](C(=O)OC)N(C(=O)[C@@H](NC(=O)O[C@@H]2CCC[C@H]2CCC=C)C2CCCC2)C1. The summed E-state index contributed by atoms with van der Waals surface area (Å²) in [7, 11) is 1.32. The first kappa shape index (κ1) is 38.9. The van der Waals surface area contributed by atoms with Crippen molar-refractivity contribution in [2.45, 2.75) is 134 Å². The second-order valence-electron chi connectivity index (χ2n) is 13.2. The second kappa shape index (κ2) is 20.7. The lowest BCUT2D eigenvalue weighted by molar-refractivity contribution is -0.159. The molecule has 48 heavy (non-hydrogen) atoms. The molecule has 0 bridgehead atoms. The zero-order chi connectivity index (χ0) is 34.9. The molecular formula is C38H59N3O7. The van der Waals surface area contributed by atoms with E-state index in [9.17, 15) is 19.2 Å². The summed E-state index contributed by atoms with van der Waals surface area (Å²) in [5, 5.41) is 2.95. The van der Waals surface area contributed by atoms with Crippen LogP contribution in [0.2, 0.25) is 0 Å². The topological polar surface area (TPSA) is 114 Å². The van der Waals surface area contributed by atoms with E-state index in [2.05, 4.69) is 18.5 Å². The van der Waals surface area contributed by atoms with Crippen molar-refractivity contribution in [1.29, 1.82) is 0 Å². The van der Waals surface area contributed by atoms with Gasteiger partial charge in [-0.15, -0.1) is 13.2 Å². The standard InChI is InChI=1S/C38H59N3O7/c1-6-10-12-13-23-33(42)40(26-9-4)34(17-8-3)47-30-24-25-31(37(44)46-5)41(27-30)36(43)35(29-19-14-15-20-29)39-38(45)48-32-22-16-21-28(32)18-11-7-2/h6-7,12-13,17,28-32,35H,1-2,8-11,14-16,18-27H2,3-5H3,(H,39,45)/b13-12-,34-17+/t28-,30-,31+,32-,35+/m1/s1. The van der Waals surface area contributed by atoms with Crippen molar-refractivity contribution in [2.24, 2.45) is 11.8 Å². The molecule has 3 fully saturated rings. The van der Waals surface area contributed by atoms with E-state index in [0.717, 1.165) is 64.2 Å². The van der Waals surface area contributed by atoms with Crippen molar-refractivity contribution in [3.8, 4) is 0 Å². The van der Waals surface area contributed by atoms with Crippen molar-refractivity contribution in [3.05, 3.63) is 49.4 Å². The molecule has 0 aromatic rings. The molecule has 10 heteroatoms. The van der Waals surface area contributed by atoms with Gasteiger partial charge in [0.1, 0.15) is 24.3 Å². The number of nitrogens with one attached hydrogen (secondary N) is 1. The number of ether oxygens (including phenoxy) is 3. The molecule has 0 aromatic carbocycles. The maximum absolute atomic E-state index is 14.5. The lowest BCUT2D eigenvalue weighted by atomic mass is 9.93. The van der Waals surface area contributed by atoms with Gasteiger partial charge in [-0.25, -0.2) is 9.59 Å². The normalized spacial score (nSPS) is 23.8. The van der Waals surface area contributed by atoms with Crippen molar-refractivity contribution in [1.82, 2.24) is 15.1 Å². The molecule has 3 rings (SSSR count). The second-order valence-corrected chi connectivity index (χ2v) is 13.2. The Hall–Kier alpha value is -3.56. The number of hydrogen-bond acceptors (Lipinski definition) is 7. The Morgan fingerprint density at radius 3 is 2.40 bits per heavy atom. The van der Waals surface area contributed by atoms with Crippen LogP contribution in [0.15, 0.2) is 49.4 Å². The Bertz CT molecular complexity index is 1150. The van der Waals surface area contributed by atoms with Gasteiger partial charge in [-0.05, 0) is 95.0 Å².